The zero-order valence-electron chi connectivity index (χ0n) is 10.5. The molecule has 1 heterocycles. The first-order valence-electron chi connectivity index (χ1n) is 6.28. The molecule has 1 amide bonds. The lowest BCUT2D eigenvalue weighted by Gasteiger charge is -2.12. The zero-order valence-corrected chi connectivity index (χ0v) is 10.5. The topological polar surface area (TPSA) is 41.1 Å². The normalized spacial score (nSPS) is 19.6. The molecule has 1 aromatic carbocycles. The average Bonchev–Trinajstić information content (AvgIpc) is 2.82. The summed E-state index contributed by atoms with van der Waals surface area (Å²) in [6.07, 6.45) is 1.02. The van der Waals surface area contributed by atoms with Crippen molar-refractivity contribution in [2.75, 3.05) is 13.1 Å². The number of hydrogen-bond acceptors (Lipinski definition) is 2. The van der Waals surface area contributed by atoms with Crippen molar-refractivity contribution in [2.45, 2.75) is 32.2 Å². The Bertz CT molecular complexity index is 395. The molecule has 2 N–H and O–H groups in total. The number of hydrogen-bond donors (Lipinski definition) is 2. The SMILES string of the molecule is CC(C)c1cccc(C(=O)NC2CCNC2)c1. The van der Waals surface area contributed by atoms with Crippen LogP contribution in [-0.4, -0.2) is 25.0 Å². The predicted molar refractivity (Wildman–Crippen MR) is 69.3 cm³/mol. The van der Waals surface area contributed by atoms with Crippen LogP contribution < -0.4 is 10.6 Å². The van der Waals surface area contributed by atoms with E-state index in [9.17, 15) is 4.79 Å². The van der Waals surface area contributed by atoms with E-state index in [1.165, 1.54) is 5.56 Å². The predicted octanol–water partition coefficient (Wildman–Crippen LogP) is 1.90. The Balaban J connectivity index is 2.05. The van der Waals surface area contributed by atoms with E-state index in [2.05, 4.69) is 30.5 Å². The fourth-order valence-electron chi connectivity index (χ4n) is 2.09. The van der Waals surface area contributed by atoms with Gasteiger partial charge in [-0.1, -0.05) is 26.0 Å². The van der Waals surface area contributed by atoms with Gasteiger partial charge in [-0.15, -0.1) is 0 Å². The Labute approximate surface area is 103 Å². The highest BCUT2D eigenvalue weighted by Gasteiger charge is 2.17. The molecule has 0 saturated carbocycles. The van der Waals surface area contributed by atoms with E-state index >= 15 is 0 Å². The molecule has 0 spiro atoms. The number of carbonyl (C=O) groups excluding carboxylic acids is 1. The molecule has 0 radical (unpaired) electrons. The molecule has 0 aliphatic carbocycles. The first-order valence-corrected chi connectivity index (χ1v) is 6.28. The van der Waals surface area contributed by atoms with Crippen LogP contribution in [0.5, 0.6) is 0 Å². The third kappa shape index (κ3) is 3.07. The number of carbonyl (C=O) groups is 1. The Morgan fingerprint density at radius 3 is 2.94 bits per heavy atom. The van der Waals surface area contributed by atoms with E-state index in [0.717, 1.165) is 25.1 Å². The second-order valence-electron chi connectivity index (χ2n) is 4.94. The van der Waals surface area contributed by atoms with E-state index in [-0.39, 0.29) is 11.9 Å². The summed E-state index contributed by atoms with van der Waals surface area (Å²) in [6, 6.07) is 8.17. The fraction of sp³-hybridized carbons (Fsp3) is 0.500. The zero-order chi connectivity index (χ0) is 12.3. The summed E-state index contributed by atoms with van der Waals surface area (Å²) in [6.45, 7) is 6.16. The highest BCUT2D eigenvalue weighted by atomic mass is 16.1. The maximum absolute atomic E-state index is 12.0. The Hall–Kier alpha value is -1.35. The van der Waals surface area contributed by atoms with Crippen molar-refractivity contribution >= 4 is 5.91 Å². The van der Waals surface area contributed by atoms with Crippen molar-refractivity contribution in [3.8, 4) is 0 Å². The van der Waals surface area contributed by atoms with Crippen LogP contribution in [0.4, 0.5) is 0 Å². The summed E-state index contributed by atoms with van der Waals surface area (Å²) in [5.74, 6) is 0.497. The lowest BCUT2D eigenvalue weighted by atomic mass is 10.0. The van der Waals surface area contributed by atoms with Gasteiger partial charge in [-0.3, -0.25) is 4.79 Å². The van der Waals surface area contributed by atoms with E-state index in [1.807, 2.05) is 18.2 Å². The maximum Gasteiger partial charge on any atom is 0.251 e. The van der Waals surface area contributed by atoms with Crippen LogP contribution in [0.15, 0.2) is 24.3 Å². The first kappa shape index (κ1) is 12.1. The molecule has 3 nitrogen and oxygen atoms in total. The lowest BCUT2D eigenvalue weighted by molar-refractivity contribution is 0.0940. The minimum absolute atomic E-state index is 0.0428. The molecule has 1 fully saturated rings. The molecule has 0 aromatic heterocycles. The Morgan fingerprint density at radius 1 is 1.47 bits per heavy atom. The summed E-state index contributed by atoms with van der Waals surface area (Å²) in [5, 5.41) is 6.30. The summed E-state index contributed by atoms with van der Waals surface area (Å²) in [4.78, 5) is 12.0. The number of amides is 1. The van der Waals surface area contributed by atoms with Crippen LogP contribution in [0, 0.1) is 0 Å². The van der Waals surface area contributed by atoms with Gasteiger partial charge in [0.15, 0.2) is 0 Å². The lowest BCUT2D eigenvalue weighted by Crippen LogP contribution is -2.36. The van der Waals surface area contributed by atoms with Crippen molar-refractivity contribution in [3.05, 3.63) is 35.4 Å². The second-order valence-corrected chi connectivity index (χ2v) is 4.94. The van der Waals surface area contributed by atoms with Gasteiger partial charge in [-0.05, 0) is 36.6 Å². The second kappa shape index (κ2) is 5.32. The van der Waals surface area contributed by atoms with Gasteiger partial charge in [0.1, 0.15) is 0 Å². The first-order chi connectivity index (χ1) is 8.16. The third-order valence-corrected chi connectivity index (χ3v) is 3.21. The molecule has 3 heteroatoms. The quantitative estimate of drug-likeness (QED) is 0.835. The van der Waals surface area contributed by atoms with Crippen molar-refractivity contribution in [1.29, 1.82) is 0 Å². The van der Waals surface area contributed by atoms with Gasteiger partial charge in [-0.25, -0.2) is 0 Å². The number of benzene rings is 1. The van der Waals surface area contributed by atoms with E-state index in [0.29, 0.717) is 5.92 Å². The van der Waals surface area contributed by atoms with Gasteiger partial charge >= 0.3 is 0 Å². The van der Waals surface area contributed by atoms with Crippen LogP contribution in [0.1, 0.15) is 42.1 Å². The molecule has 1 aliphatic rings. The molecule has 1 unspecified atom stereocenters. The molecular weight excluding hydrogens is 212 g/mol. The van der Waals surface area contributed by atoms with Gasteiger partial charge in [-0.2, -0.15) is 0 Å². The number of rotatable bonds is 3. The Kier molecular flexibility index (Phi) is 3.79. The van der Waals surface area contributed by atoms with Crippen molar-refractivity contribution in [3.63, 3.8) is 0 Å². The average molecular weight is 232 g/mol. The van der Waals surface area contributed by atoms with Gasteiger partial charge in [0.2, 0.25) is 0 Å². The molecular formula is C14H20N2O. The fourth-order valence-corrected chi connectivity index (χ4v) is 2.09. The maximum atomic E-state index is 12.0. The van der Waals surface area contributed by atoms with Crippen molar-refractivity contribution in [1.82, 2.24) is 10.6 Å². The summed E-state index contributed by atoms with van der Waals surface area (Å²) < 4.78 is 0. The van der Waals surface area contributed by atoms with Crippen LogP contribution in [0.2, 0.25) is 0 Å². The molecule has 1 aliphatic heterocycles. The molecule has 92 valence electrons. The van der Waals surface area contributed by atoms with Gasteiger partial charge in [0.25, 0.3) is 5.91 Å². The summed E-state index contributed by atoms with van der Waals surface area (Å²) >= 11 is 0. The molecule has 1 atom stereocenters. The Morgan fingerprint density at radius 2 is 2.29 bits per heavy atom. The summed E-state index contributed by atoms with van der Waals surface area (Å²) in [7, 11) is 0. The summed E-state index contributed by atoms with van der Waals surface area (Å²) in [5.41, 5.74) is 1.98. The third-order valence-electron chi connectivity index (χ3n) is 3.21. The van der Waals surface area contributed by atoms with Crippen LogP contribution in [-0.2, 0) is 0 Å². The van der Waals surface area contributed by atoms with Crippen molar-refractivity contribution < 1.29 is 4.79 Å². The highest BCUT2D eigenvalue weighted by molar-refractivity contribution is 5.94. The van der Waals surface area contributed by atoms with Crippen LogP contribution in [0.3, 0.4) is 0 Å². The molecule has 1 aromatic rings. The standard InChI is InChI=1S/C14H20N2O/c1-10(2)11-4-3-5-12(8-11)14(17)16-13-6-7-15-9-13/h3-5,8,10,13,15H,6-7,9H2,1-2H3,(H,16,17). The van der Waals surface area contributed by atoms with Gasteiger partial charge in [0, 0.05) is 18.2 Å². The largest absolute Gasteiger partial charge is 0.348 e. The smallest absolute Gasteiger partial charge is 0.251 e. The van der Waals surface area contributed by atoms with Gasteiger partial charge in [0.05, 0.1) is 0 Å². The van der Waals surface area contributed by atoms with Gasteiger partial charge < -0.3 is 10.6 Å². The number of nitrogens with one attached hydrogen (secondary N) is 2. The molecule has 0 bridgehead atoms. The monoisotopic (exact) mass is 232 g/mol. The molecule has 1 saturated heterocycles. The van der Waals surface area contributed by atoms with Crippen LogP contribution in [0.25, 0.3) is 0 Å². The van der Waals surface area contributed by atoms with Crippen molar-refractivity contribution in [2.24, 2.45) is 0 Å². The minimum Gasteiger partial charge on any atom is -0.348 e. The highest BCUT2D eigenvalue weighted by Crippen LogP contribution is 2.15. The van der Waals surface area contributed by atoms with Crippen LogP contribution >= 0.6 is 0 Å². The minimum atomic E-state index is 0.0428. The van der Waals surface area contributed by atoms with E-state index in [1.54, 1.807) is 0 Å². The van der Waals surface area contributed by atoms with E-state index in [4.69, 9.17) is 0 Å². The van der Waals surface area contributed by atoms with E-state index < -0.39 is 0 Å². The molecule has 2 rings (SSSR count). The molecule has 17 heavy (non-hydrogen) atoms.